The van der Waals surface area contributed by atoms with E-state index in [-0.39, 0.29) is 18.4 Å². The Morgan fingerprint density at radius 1 is 0.774 bits per heavy atom. The summed E-state index contributed by atoms with van der Waals surface area (Å²) in [5.41, 5.74) is 4.15. The first-order valence-electron chi connectivity index (χ1n) is 10.4. The topological polar surface area (TPSA) is 67.4 Å². The fourth-order valence-corrected chi connectivity index (χ4v) is 3.28. The third kappa shape index (κ3) is 6.44. The lowest BCUT2D eigenvalue weighted by Gasteiger charge is -2.18. The Bertz CT molecular complexity index is 964. The van der Waals surface area contributed by atoms with Gasteiger partial charge in [-0.1, -0.05) is 66.7 Å². The van der Waals surface area contributed by atoms with Crippen LogP contribution in [0.15, 0.2) is 78.9 Å². The van der Waals surface area contributed by atoms with Gasteiger partial charge >= 0.3 is 0 Å². The zero-order valence-corrected chi connectivity index (χ0v) is 17.9. The molecule has 0 saturated carbocycles. The van der Waals surface area contributed by atoms with Crippen molar-refractivity contribution in [3.8, 4) is 5.75 Å². The molecule has 2 amide bonds. The number of carbonyl (C=O) groups excluding carboxylic acids is 2. The molecule has 160 valence electrons. The summed E-state index contributed by atoms with van der Waals surface area (Å²) in [5, 5.41) is 5.70. The summed E-state index contributed by atoms with van der Waals surface area (Å²) in [6.45, 7) is 4.64. The second kappa shape index (κ2) is 11.0. The Kier molecular flexibility index (Phi) is 7.82. The third-order valence-corrected chi connectivity index (χ3v) is 5.12. The van der Waals surface area contributed by atoms with E-state index >= 15 is 0 Å². The lowest BCUT2D eigenvalue weighted by molar-refractivity contribution is -0.124. The Balaban J connectivity index is 1.47. The van der Waals surface area contributed by atoms with E-state index in [0.29, 0.717) is 18.8 Å². The molecule has 0 aromatic heterocycles. The molecule has 0 aliphatic heterocycles. The number of carbonyl (C=O) groups is 2. The van der Waals surface area contributed by atoms with Crippen LogP contribution in [0.25, 0.3) is 0 Å². The second-order valence-corrected chi connectivity index (χ2v) is 7.43. The number of ether oxygens (including phenoxy) is 1. The van der Waals surface area contributed by atoms with Gasteiger partial charge in [0.05, 0.1) is 5.92 Å². The van der Waals surface area contributed by atoms with Gasteiger partial charge in [-0.05, 0) is 48.2 Å². The fourth-order valence-electron chi connectivity index (χ4n) is 3.28. The average molecular weight is 417 g/mol. The quantitative estimate of drug-likeness (QED) is 0.522. The third-order valence-electron chi connectivity index (χ3n) is 5.12. The van der Waals surface area contributed by atoms with Crippen LogP contribution in [-0.4, -0.2) is 31.5 Å². The predicted molar refractivity (Wildman–Crippen MR) is 122 cm³/mol. The molecule has 0 heterocycles. The molecule has 5 heteroatoms. The molecule has 3 aromatic rings. The molecule has 31 heavy (non-hydrogen) atoms. The van der Waals surface area contributed by atoms with Gasteiger partial charge in [0.25, 0.3) is 5.91 Å². The van der Waals surface area contributed by atoms with Gasteiger partial charge in [0, 0.05) is 13.1 Å². The summed E-state index contributed by atoms with van der Waals surface area (Å²) in [7, 11) is 0. The van der Waals surface area contributed by atoms with E-state index in [1.807, 2.05) is 92.7 Å². The van der Waals surface area contributed by atoms with Crippen molar-refractivity contribution in [2.45, 2.75) is 19.8 Å². The van der Waals surface area contributed by atoms with Gasteiger partial charge < -0.3 is 15.4 Å². The first kappa shape index (κ1) is 22.1. The standard InChI is InChI=1S/C26H28N2O3/c1-19-13-14-23(17-20(19)2)31-18-24(29)27-15-16-28-26(30)25(21-9-5-3-6-10-21)22-11-7-4-8-12-22/h3-14,17,25H,15-16,18H2,1-2H3,(H,27,29)(H,28,30). The maximum Gasteiger partial charge on any atom is 0.258 e. The Morgan fingerprint density at radius 3 is 1.94 bits per heavy atom. The molecule has 3 rings (SSSR count). The molecule has 0 aliphatic rings. The van der Waals surface area contributed by atoms with Crippen molar-refractivity contribution in [3.63, 3.8) is 0 Å². The highest BCUT2D eigenvalue weighted by atomic mass is 16.5. The largest absolute Gasteiger partial charge is 0.484 e. The molecule has 0 fully saturated rings. The Morgan fingerprint density at radius 2 is 1.35 bits per heavy atom. The molecule has 0 bridgehead atoms. The highest BCUT2D eigenvalue weighted by Crippen LogP contribution is 2.24. The number of hydrogen-bond acceptors (Lipinski definition) is 3. The van der Waals surface area contributed by atoms with Crippen molar-refractivity contribution < 1.29 is 14.3 Å². The molecule has 5 nitrogen and oxygen atoms in total. The average Bonchev–Trinajstić information content (AvgIpc) is 2.79. The van der Waals surface area contributed by atoms with Crippen LogP contribution in [0.5, 0.6) is 5.75 Å². The smallest absolute Gasteiger partial charge is 0.258 e. The molecular formula is C26H28N2O3. The minimum Gasteiger partial charge on any atom is -0.484 e. The number of hydrogen-bond donors (Lipinski definition) is 2. The number of rotatable bonds is 9. The second-order valence-electron chi connectivity index (χ2n) is 7.43. The van der Waals surface area contributed by atoms with Crippen LogP contribution in [0.1, 0.15) is 28.2 Å². The summed E-state index contributed by atoms with van der Waals surface area (Å²) < 4.78 is 5.54. The number of amides is 2. The number of nitrogens with one attached hydrogen (secondary N) is 2. The van der Waals surface area contributed by atoms with Crippen LogP contribution >= 0.6 is 0 Å². The fraction of sp³-hybridized carbons (Fsp3) is 0.231. The highest BCUT2D eigenvalue weighted by Gasteiger charge is 2.22. The van der Waals surface area contributed by atoms with Crippen molar-refractivity contribution >= 4 is 11.8 Å². The van der Waals surface area contributed by atoms with Crippen molar-refractivity contribution in [1.82, 2.24) is 10.6 Å². The molecule has 0 saturated heterocycles. The Hall–Kier alpha value is -3.60. The first-order valence-corrected chi connectivity index (χ1v) is 10.4. The molecule has 2 N–H and O–H groups in total. The summed E-state index contributed by atoms with van der Waals surface area (Å²) in [6, 6.07) is 25.1. The molecule has 0 aliphatic carbocycles. The van der Waals surface area contributed by atoms with Crippen LogP contribution in [0.3, 0.4) is 0 Å². The minimum atomic E-state index is -0.397. The highest BCUT2D eigenvalue weighted by molar-refractivity contribution is 5.87. The zero-order valence-electron chi connectivity index (χ0n) is 17.9. The molecule has 0 unspecified atom stereocenters. The summed E-state index contributed by atoms with van der Waals surface area (Å²) in [4.78, 5) is 25.0. The van der Waals surface area contributed by atoms with E-state index < -0.39 is 5.92 Å². The van der Waals surface area contributed by atoms with Gasteiger partial charge in [0.2, 0.25) is 5.91 Å². The van der Waals surface area contributed by atoms with Gasteiger partial charge in [-0.25, -0.2) is 0 Å². The van der Waals surface area contributed by atoms with E-state index in [1.165, 1.54) is 5.56 Å². The van der Waals surface area contributed by atoms with Crippen LogP contribution in [0.4, 0.5) is 0 Å². The molecule has 0 spiro atoms. The van der Waals surface area contributed by atoms with Crippen LogP contribution < -0.4 is 15.4 Å². The predicted octanol–water partition coefficient (Wildman–Crippen LogP) is 3.75. The lowest BCUT2D eigenvalue weighted by Crippen LogP contribution is -2.38. The van der Waals surface area contributed by atoms with Crippen LogP contribution in [0.2, 0.25) is 0 Å². The van der Waals surface area contributed by atoms with Crippen LogP contribution in [-0.2, 0) is 9.59 Å². The maximum absolute atomic E-state index is 12.9. The summed E-state index contributed by atoms with van der Waals surface area (Å²) in [5.74, 6) is -0.0560. The van der Waals surface area contributed by atoms with Gasteiger partial charge in [-0.15, -0.1) is 0 Å². The maximum atomic E-state index is 12.9. The molecule has 0 radical (unpaired) electrons. The normalized spacial score (nSPS) is 10.5. The number of aryl methyl sites for hydroxylation is 2. The van der Waals surface area contributed by atoms with Gasteiger partial charge in [0.15, 0.2) is 6.61 Å². The molecule has 0 atom stereocenters. The minimum absolute atomic E-state index is 0.0624. The molecular weight excluding hydrogens is 388 g/mol. The van der Waals surface area contributed by atoms with E-state index in [1.54, 1.807) is 0 Å². The van der Waals surface area contributed by atoms with E-state index in [2.05, 4.69) is 10.6 Å². The molecule has 3 aromatic carbocycles. The van der Waals surface area contributed by atoms with Crippen molar-refractivity contribution in [3.05, 3.63) is 101 Å². The van der Waals surface area contributed by atoms with Crippen LogP contribution in [0, 0.1) is 13.8 Å². The van der Waals surface area contributed by atoms with E-state index in [9.17, 15) is 9.59 Å². The number of benzene rings is 3. The van der Waals surface area contributed by atoms with Crippen molar-refractivity contribution in [1.29, 1.82) is 0 Å². The van der Waals surface area contributed by atoms with Crippen molar-refractivity contribution in [2.75, 3.05) is 19.7 Å². The monoisotopic (exact) mass is 416 g/mol. The first-order chi connectivity index (χ1) is 15.0. The van der Waals surface area contributed by atoms with Gasteiger partial charge in [-0.2, -0.15) is 0 Å². The summed E-state index contributed by atoms with van der Waals surface area (Å²) >= 11 is 0. The van der Waals surface area contributed by atoms with Gasteiger partial charge in [0.1, 0.15) is 5.75 Å². The van der Waals surface area contributed by atoms with E-state index in [0.717, 1.165) is 16.7 Å². The van der Waals surface area contributed by atoms with Gasteiger partial charge in [-0.3, -0.25) is 9.59 Å². The van der Waals surface area contributed by atoms with Crippen molar-refractivity contribution in [2.24, 2.45) is 0 Å². The zero-order chi connectivity index (χ0) is 22.1. The van der Waals surface area contributed by atoms with E-state index in [4.69, 9.17) is 4.74 Å². The lowest BCUT2D eigenvalue weighted by atomic mass is 9.90. The SMILES string of the molecule is Cc1ccc(OCC(=O)NCCNC(=O)C(c2ccccc2)c2ccccc2)cc1C. The Labute approximate surface area is 183 Å². The summed E-state index contributed by atoms with van der Waals surface area (Å²) in [6.07, 6.45) is 0.